The van der Waals surface area contributed by atoms with Crippen molar-refractivity contribution in [1.82, 2.24) is 0 Å². The number of rotatable bonds is 12. The first-order valence-corrected chi connectivity index (χ1v) is 12.4. The molecule has 0 aliphatic carbocycles. The second kappa shape index (κ2) is 12.4. The summed E-state index contributed by atoms with van der Waals surface area (Å²) in [6.45, 7) is 20.4. The smallest absolute Gasteiger partial charge is 0.0471 e. The molecule has 0 saturated heterocycles. The Bertz CT molecular complexity index is 710. The highest BCUT2D eigenvalue weighted by atomic mass is 16.5. The minimum absolute atomic E-state index is 0.558. The average Bonchev–Trinajstić information content (AvgIpc) is 2.74. The molecule has 4 atom stereocenters. The molecular formula is C30H46O. The molecule has 2 aromatic carbocycles. The van der Waals surface area contributed by atoms with Crippen LogP contribution in [-0.2, 0) is 4.74 Å². The fourth-order valence-electron chi connectivity index (χ4n) is 4.86. The van der Waals surface area contributed by atoms with Gasteiger partial charge >= 0.3 is 0 Å². The van der Waals surface area contributed by atoms with E-state index in [0.29, 0.717) is 35.5 Å². The predicted octanol–water partition coefficient (Wildman–Crippen LogP) is 8.55. The maximum Gasteiger partial charge on any atom is 0.0471 e. The van der Waals surface area contributed by atoms with E-state index in [4.69, 9.17) is 4.74 Å². The summed E-state index contributed by atoms with van der Waals surface area (Å²) in [5.74, 6) is 3.74. The van der Waals surface area contributed by atoms with Crippen LogP contribution in [0.1, 0.15) is 88.5 Å². The molecule has 0 amide bonds. The molecule has 1 nitrogen and oxygen atoms in total. The van der Waals surface area contributed by atoms with E-state index in [0.717, 1.165) is 26.1 Å². The van der Waals surface area contributed by atoms with Crippen LogP contribution in [0.4, 0.5) is 0 Å². The molecule has 31 heavy (non-hydrogen) atoms. The lowest BCUT2D eigenvalue weighted by atomic mass is 9.77. The maximum atomic E-state index is 6.28. The van der Waals surface area contributed by atoms with Crippen LogP contribution in [0, 0.1) is 37.5 Å². The van der Waals surface area contributed by atoms with E-state index < -0.39 is 0 Å². The van der Waals surface area contributed by atoms with Crippen molar-refractivity contribution in [2.24, 2.45) is 23.7 Å². The predicted molar refractivity (Wildman–Crippen MR) is 136 cm³/mol. The molecule has 2 rings (SSSR count). The van der Waals surface area contributed by atoms with E-state index >= 15 is 0 Å². The van der Waals surface area contributed by atoms with E-state index in [1.807, 2.05) is 0 Å². The number of aryl methyl sites for hydroxylation is 2. The van der Waals surface area contributed by atoms with E-state index in [1.165, 1.54) is 22.3 Å². The Balaban J connectivity index is 1.99. The fraction of sp³-hybridized carbons (Fsp3) is 0.600. The van der Waals surface area contributed by atoms with Gasteiger partial charge in [0.25, 0.3) is 0 Å². The van der Waals surface area contributed by atoms with Gasteiger partial charge in [-0.15, -0.1) is 0 Å². The van der Waals surface area contributed by atoms with Crippen molar-refractivity contribution in [1.29, 1.82) is 0 Å². The zero-order valence-corrected chi connectivity index (χ0v) is 21.3. The third-order valence-corrected chi connectivity index (χ3v) is 7.69. The summed E-state index contributed by atoms with van der Waals surface area (Å²) >= 11 is 0. The number of benzene rings is 2. The largest absolute Gasteiger partial charge is 0.381 e. The zero-order valence-electron chi connectivity index (χ0n) is 21.3. The minimum atomic E-state index is 0.558. The molecule has 0 spiro atoms. The van der Waals surface area contributed by atoms with Crippen molar-refractivity contribution in [3.63, 3.8) is 0 Å². The highest BCUT2D eigenvalue weighted by Gasteiger charge is 2.25. The van der Waals surface area contributed by atoms with Crippen molar-refractivity contribution in [3.8, 4) is 0 Å². The van der Waals surface area contributed by atoms with E-state index in [9.17, 15) is 0 Å². The molecule has 0 heterocycles. The van der Waals surface area contributed by atoms with Crippen LogP contribution in [0.5, 0.6) is 0 Å². The summed E-state index contributed by atoms with van der Waals surface area (Å²) < 4.78 is 6.28. The summed E-state index contributed by atoms with van der Waals surface area (Å²) in [4.78, 5) is 0. The van der Waals surface area contributed by atoms with Crippen LogP contribution in [0.2, 0.25) is 0 Å². The molecule has 0 aliphatic heterocycles. The Morgan fingerprint density at radius 1 is 0.581 bits per heavy atom. The summed E-state index contributed by atoms with van der Waals surface area (Å²) in [7, 11) is 0. The van der Waals surface area contributed by atoms with Crippen molar-refractivity contribution in [2.45, 2.75) is 80.1 Å². The van der Waals surface area contributed by atoms with Crippen LogP contribution >= 0.6 is 0 Å². The SMILES string of the molecule is Cc1ccccc1C(CCOCCC(c1ccccc1C)C(C)C(C)C)C(C)C(C)C. The standard InChI is InChI=1S/C30H46O/c1-21(2)25(7)29(27-15-11-9-13-23(27)5)17-19-31-20-18-30(26(8)22(3)4)28-16-12-10-14-24(28)6/h9-16,21-22,25-26,29-30H,17-20H2,1-8H3. The lowest BCUT2D eigenvalue weighted by Crippen LogP contribution is -2.20. The molecule has 0 N–H and O–H groups in total. The molecule has 172 valence electrons. The summed E-state index contributed by atoms with van der Waals surface area (Å²) in [6.07, 6.45) is 2.19. The van der Waals surface area contributed by atoms with Crippen LogP contribution in [0.3, 0.4) is 0 Å². The van der Waals surface area contributed by atoms with Crippen molar-refractivity contribution in [3.05, 3.63) is 70.8 Å². The molecule has 0 aromatic heterocycles. The first kappa shape index (κ1) is 25.7. The molecule has 0 radical (unpaired) electrons. The summed E-state index contributed by atoms with van der Waals surface area (Å²) in [5, 5.41) is 0. The molecular weight excluding hydrogens is 376 g/mol. The van der Waals surface area contributed by atoms with Crippen molar-refractivity contribution >= 4 is 0 Å². The normalized spacial score (nSPS) is 15.8. The van der Waals surface area contributed by atoms with Gasteiger partial charge in [0.2, 0.25) is 0 Å². The highest BCUT2D eigenvalue weighted by molar-refractivity contribution is 5.30. The number of hydrogen-bond acceptors (Lipinski definition) is 1. The van der Waals surface area contributed by atoms with Gasteiger partial charge in [0.15, 0.2) is 0 Å². The van der Waals surface area contributed by atoms with Gasteiger partial charge in [0.1, 0.15) is 0 Å². The minimum Gasteiger partial charge on any atom is -0.381 e. The van der Waals surface area contributed by atoms with Crippen LogP contribution in [0.25, 0.3) is 0 Å². The van der Waals surface area contributed by atoms with E-state index in [-0.39, 0.29) is 0 Å². The van der Waals surface area contributed by atoms with Gasteiger partial charge in [-0.2, -0.15) is 0 Å². The van der Waals surface area contributed by atoms with Gasteiger partial charge in [-0.25, -0.2) is 0 Å². The molecule has 1 heteroatoms. The summed E-state index contributed by atoms with van der Waals surface area (Å²) in [6, 6.07) is 17.8. The zero-order chi connectivity index (χ0) is 23.0. The lowest BCUT2D eigenvalue weighted by Gasteiger charge is -2.30. The molecule has 4 unspecified atom stereocenters. The highest BCUT2D eigenvalue weighted by Crippen LogP contribution is 2.36. The van der Waals surface area contributed by atoms with Gasteiger partial charge in [-0.3, -0.25) is 0 Å². The molecule has 0 saturated carbocycles. The molecule has 0 aliphatic rings. The molecule has 0 fully saturated rings. The van der Waals surface area contributed by atoms with Crippen molar-refractivity contribution in [2.75, 3.05) is 13.2 Å². The van der Waals surface area contributed by atoms with Crippen LogP contribution in [-0.4, -0.2) is 13.2 Å². The van der Waals surface area contributed by atoms with Crippen LogP contribution in [0.15, 0.2) is 48.5 Å². The average molecular weight is 423 g/mol. The Morgan fingerprint density at radius 2 is 0.935 bits per heavy atom. The monoisotopic (exact) mass is 422 g/mol. The van der Waals surface area contributed by atoms with E-state index in [1.54, 1.807) is 0 Å². The van der Waals surface area contributed by atoms with Gasteiger partial charge in [0, 0.05) is 13.2 Å². The Labute approximate surface area is 192 Å². The fourth-order valence-corrected chi connectivity index (χ4v) is 4.86. The Hall–Kier alpha value is -1.60. The number of ether oxygens (including phenoxy) is 1. The topological polar surface area (TPSA) is 9.23 Å². The maximum absolute atomic E-state index is 6.28. The van der Waals surface area contributed by atoms with Gasteiger partial charge < -0.3 is 4.74 Å². The molecule has 2 aromatic rings. The lowest BCUT2D eigenvalue weighted by molar-refractivity contribution is 0.106. The Kier molecular flexibility index (Phi) is 10.3. The summed E-state index contributed by atoms with van der Waals surface area (Å²) in [5.41, 5.74) is 5.81. The molecule has 0 bridgehead atoms. The number of hydrogen-bond donors (Lipinski definition) is 0. The van der Waals surface area contributed by atoms with Crippen LogP contribution < -0.4 is 0 Å². The van der Waals surface area contributed by atoms with Gasteiger partial charge in [-0.05, 0) is 84.5 Å². The third-order valence-electron chi connectivity index (χ3n) is 7.69. The Morgan fingerprint density at radius 3 is 1.26 bits per heavy atom. The second-order valence-electron chi connectivity index (χ2n) is 10.3. The van der Waals surface area contributed by atoms with E-state index in [2.05, 4.69) is 104 Å². The second-order valence-corrected chi connectivity index (χ2v) is 10.3. The van der Waals surface area contributed by atoms with Gasteiger partial charge in [-0.1, -0.05) is 90.1 Å². The van der Waals surface area contributed by atoms with Gasteiger partial charge in [0.05, 0.1) is 0 Å². The first-order valence-electron chi connectivity index (χ1n) is 12.4. The first-order chi connectivity index (χ1) is 14.7. The quantitative estimate of drug-likeness (QED) is 0.311. The third kappa shape index (κ3) is 7.21. The van der Waals surface area contributed by atoms with Crippen molar-refractivity contribution < 1.29 is 4.74 Å².